The Morgan fingerprint density at radius 2 is 1.06 bits per heavy atom. The molecule has 0 radical (unpaired) electrons. The molecule has 3 heterocycles. The lowest BCUT2D eigenvalue weighted by molar-refractivity contribution is 1.11. The maximum absolute atomic E-state index is 5.40. The molecular formula is C48H33N5. The molecule has 250 valence electrons. The maximum atomic E-state index is 5.40. The highest BCUT2D eigenvalue weighted by Gasteiger charge is 2.23. The van der Waals surface area contributed by atoms with Crippen LogP contribution in [0.5, 0.6) is 0 Å². The van der Waals surface area contributed by atoms with Crippen molar-refractivity contribution in [3.05, 3.63) is 181 Å². The van der Waals surface area contributed by atoms with Crippen molar-refractivity contribution in [1.29, 1.82) is 0 Å². The lowest BCUT2D eigenvalue weighted by Crippen LogP contribution is -2.06. The number of nitrogens with one attached hydrogen (secondary N) is 1. The van der Waals surface area contributed by atoms with Gasteiger partial charge < -0.3 is 5.32 Å². The Hall–Kier alpha value is -7.11. The minimum absolute atomic E-state index is 0.703. The van der Waals surface area contributed by atoms with Crippen molar-refractivity contribution >= 4 is 33.6 Å². The number of aromatic nitrogens is 4. The van der Waals surface area contributed by atoms with E-state index in [9.17, 15) is 0 Å². The van der Waals surface area contributed by atoms with Gasteiger partial charge >= 0.3 is 0 Å². The summed E-state index contributed by atoms with van der Waals surface area (Å²) in [5.74, 6) is 1.61. The summed E-state index contributed by atoms with van der Waals surface area (Å²) in [6, 6.07) is 59.2. The highest BCUT2D eigenvalue weighted by atomic mass is 15.1. The molecule has 0 saturated heterocycles. The maximum Gasteiger partial charge on any atom is 0.160 e. The number of rotatable bonds is 6. The zero-order chi connectivity index (χ0) is 35.1. The summed E-state index contributed by atoms with van der Waals surface area (Å²) in [5, 5.41) is 5.99. The predicted molar refractivity (Wildman–Crippen MR) is 219 cm³/mol. The van der Waals surface area contributed by atoms with Crippen LogP contribution in [0.2, 0.25) is 0 Å². The van der Waals surface area contributed by atoms with E-state index in [1.54, 1.807) is 0 Å². The van der Waals surface area contributed by atoms with Crippen LogP contribution in [-0.4, -0.2) is 26.1 Å². The fourth-order valence-electron chi connectivity index (χ4n) is 7.50. The van der Waals surface area contributed by atoms with Gasteiger partial charge in [-0.25, -0.2) is 15.0 Å². The molecule has 0 fully saturated rings. The molecule has 10 rings (SSSR count). The van der Waals surface area contributed by atoms with Crippen LogP contribution >= 0.6 is 0 Å². The summed E-state index contributed by atoms with van der Waals surface area (Å²) in [7, 11) is 0. The average Bonchev–Trinajstić information content (AvgIpc) is 3.66. The molecule has 5 heteroatoms. The molecule has 0 unspecified atom stereocenters. The van der Waals surface area contributed by atoms with E-state index in [1.807, 2.05) is 36.4 Å². The topological polar surface area (TPSA) is 55.6 Å². The number of imidazole rings is 1. The lowest BCUT2D eigenvalue weighted by atomic mass is 9.98. The fraction of sp³-hybridized carbons (Fsp3) is 0.0208. The van der Waals surface area contributed by atoms with Gasteiger partial charge in [0, 0.05) is 50.8 Å². The third-order valence-corrected chi connectivity index (χ3v) is 9.99. The van der Waals surface area contributed by atoms with E-state index < -0.39 is 0 Å². The largest absolute Gasteiger partial charge is 0.381 e. The normalized spacial score (nSPS) is 12.2. The van der Waals surface area contributed by atoms with Crippen LogP contribution in [0.15, 0.2) is 176 Å². The summed E-state index contributed by atoms with van der Waals surface area (Å²) in [6.07, 6.45) is 4.39. The third kappa shape index (κ3) is 5.47. The highest BCUT2D eigenvalue weighted by Crippen LogP contribution is 2.42. The Bertz CT molecular complexity index is 2760. The molecule has 1 aliphatic rings. The van der Waals surface area contributed by atoms with Gasteiger partial charge in [-0.1, -0.05) is 158 Å². The van der Waals surface area contributed by atoms with E-state index in [0.29, 0.717) is 5.82 Å². The van der Waals surface area contributed by atoms with Gasteiger partial charge in [-0.2, -0.15) is 0 Å². The van der Waals surface area contributed by atoms with Crippen molar-refractivity contribution in [2.24, 2.45) is 0 Å². The number of anilines is 1. The Kier molecular flexibility index (Phi) is 7.47. The van der Waals surface area contributed by atoms with Crippen molar-refractivity contribution < 1.29 is 0 Å². The van der Waals surface area contributed by atoms with Crippen LogP contribution in [0.25, 0.3) is 90.0 Å². The number of fused-ring (bicyclic) bond motifs is 6. The van der Waals surface area contributed by atoms with E-state index >= 15 is 0 Å². The van der Waals surface area contributed by atoms with Gasteiger partial charge in [-0.3, -0.25) is 4.57 Å². The zero-order valence-electron chi connectivity index (χ0n) is 28.8. The first-order valence-electron chi connectivity index (χ1n) is 17.9. The highest BCUT2D eigenvalue weighted by molar-refractivity contribution is 6.16. The summed E-state index contributed by atoms with van der Waals surface area (Å²) in [5.41, 5.74) is 13.5. The molecule has 2 aromatic heterocycles. The predicted octanol–water partition coefficient (Wildman–Crippen LogP) is 11.7. The van der Waals surface area contributed by atoms with Crippen LogP contribution in [0.3, 0.4) is 0 Å². The monoisotopic (exact) mass is 679 g/mol. The molecule has 0 atom stereocenters. The van der Waals surface area contributed by atoms with Crippen LogP contribution in [-0.2, 0) is 0 Å². The van der Waals surface area contributed by atoms with Gasteiger partial charge in [-0.05, 0) is 35.4 Å². The van der Waals surface area contributed by atoms with Gasteiger partial charge in [0.25, 0.3) is 0 Å². The second-order valence-electron chi connectivity index (χ2n) is 13.3. The summed E-state index contributed by atoms with van der Waals surface area (Å²) in [6.45, 7) is 0.798. The van der Waals surface area contributed by atoms with Gasteiger partial charge in [0.05, 0.1) is 28.1 Å². The van der Waals surface area contributed by atoms with Crippen molar-refractivity contribution in [2.45, 2.75) is 0 Å². The lowest BCUT2D eigenvalue weighted by Gasteiger charge is -2.18. The molecule has 0 bridgehead atoms. The first-order chi connectivity index (χ1) is 26.3. The summed E-state index contributed by atoms with van der Waals surface area (Å²) in [4.78, 5) is 15.5. The van der Waals surface area contributed by atoms with E-state index in [4.69, 9.17) is 15.0 Å². The van der Waals surface area contributed by atoms with Crippen molar-refractivity contribution in [3.8, 4) is 62.1 Å². The smallest absolute Gasteiger partial charge is 0.160 e. The Labute approximate surface area is 307 Å². The van der Waals surface area contributed by atoms with Crippen LogP contribution in [0.1, 0.15) is 5.56 Å². The third-order valence-electron chi connectivity index (χ3n) is 9.99. The second-order valence-corrected chi connectivity index (χ2v) is 13.3. The van der Waals surface area contributed by atoms with Crippen LogP contribution in [0, 0.1) is 0 Å². The Balaban J connectivity index is 1.15. The minimum atomic E-state index is 0.703. The van der Waals surface area contributed by atoms with Crippen molar-refractivity contribution in [3.63, 3.8) is 0 Å². The Morgan fingerprint density at radius 1 is 0.472 bits per heavy atom. The van der Waals surface area contributed by atoms with E-state index in [-0.39, 0.29) is 0 Å². The van der Waals surface area contributed by atoms with Gasteiger partial charge in [0.15, 0.2) is 5.82 Å². The van der Waals surface area contributed by atoms with E-state index in [1.165, 1.54) is 10.8 Å². The standard InChI is InChI=1S/C48H33N5/c1-4-15-32(16-5-1)42-31-43(51-47(50-42)33-17-6-2-7-18-33)37-23-12-21-35(29-37)36-22-13-24-38(30-36)53-46-40-26-11-10-25-39(40)44-41(27-14-28-49-44)45(46)52-48(53)34-19-8-3-9-20-34/h1-27,29-31,49H,28H2. The molecule has 1 N–H and O–H groups in total. The van der Waals surface area contributed by atoms with Crippen LogP contribution in [0.4, 0.5) is 5.69 Å². The molecule has 7 aromatic carbocycles. The van der Waals surface area contributed by atoms with Gasteiger partial charge in [0.1, 0.15) is 5.82 Å². The van der Waals surface area contributed by atoms with E-state index in [2.05, 4.69) is 155 Å². The second kappa shape index (κ2) is 12.9. The minimum Gasteiger partial charge on any atom is -0.381 e. The molecule has 53 heavy (non-hydrogen) atoms. The number of hydrogen-bond acceptors (Lipinski definition) is 4. The van der Waals surface area contributed by atoms with Gasteiger partial charge in [0.2, 0.25) is 0 Å². The average molecular weight is 680 g/mol. The zero-order valence-corrected chi connectivity index (χ0v) is 28.8. The summed E-state index contributed by atoms with van der Waals surface area (Å²) >= 11 is 0. The molecule has 0 amide bonds. The van der Waals surface area contributed by atoms with Crippen molar-refractivity contribution in [2.75, 3.05) is 11.9 Å². The fourth-order valence-corrected chi connectivity index (χ4v) is 7.50. The van der Waals surface area contributed by atoms with E-state index in [0.717, 1.165) is 85.1 Å². The molecule has 9 aromatic rings. The van der Waals surface area contributed by atoms with Crippen molar-refractivity contribution in [1.82, 2.24) is 19.5 Å². The summed E-state index contributed by atoms with van der Waals surface area (Å²) < 4.78 is 2.34. The number of benzene rings is 7. The number of hydrogen-bond donors (Lipinski definition) is 1. The first kappa shape index (κ1) is 30.7. The first-order valence-corrected chi connectivity index (χ1v) is 17.9. The number of nitrogens with zero attached hydrogens (tertiary/aromatic N) is 4. The molecule has 1 aliphatic heterocycles. The quantitative estimate of drug-likeness (QED) is 0.190. The molecule has 0 aliphatic carbocycles. The SMILES string of the molecule is C1=Cc2c(c3ccccc3c3c2nc(-c2ccccc2)n3-c2cccc(-c3cccc(-c4cc(-c5ccccc5)nc(-c5ccccc5)n4)c3)c2)NC1. The van der Waals surface area contributed by atoms with Gasteiger partial charge in [-0.15, -0.1) is 0 Å². The Morgan fingerprint density at radius 3 is 1.81 bits per heavy atom. The van der Waals surface area contributed by atoms with Crippen LogP contribution < -0.4 is 5.32 Å². The molecule has 0 spiro atoms. The molecule has 5 nitrogen and oxygen atoms in total. The molecule has 0 saturated carbocycles. The molecular weight excluding hydrogens is 647 g/mol.